The van der Waals surface area contributed by atoms with Crippen LogP contribution in [0.15, 0.2) is 5.18 Å². The van der Waals surface area contributed by atoms with E-state index in [1.807, 2.05) is 0 Å². The fourth-order valence-electron chi connectivity index (χ4n) is 1.58. The first-order chi connectivity index (χ1) is 10.8. The number of rotatable bonds is 12. The Bertz CT molecular complexity index is 454. The first kappa shape index (κ1) is 20.6. The summed E-state index contributed by atoms with van der Waals surface area (Å²) in [6.07, 6.45) is 1.03. The van der Waals surface area contributed by atoms with Crippen LogP contribution in [0.4, 0.5) is 0 Å². The lowest BCUT2D eigenvalue weighted by molar-refractivity contribution is -0.138. The lowest BCUT2D eigenvalue weighted by Crippen LogP contribution is -2.38. The van der Waals surface area contributed by atoms with E-state index >= 15 is 0 Å². The third-order valence-electron chi connectivity index (χ3n) is 3.00. The summed E-state index contributed by atoms with van der Waals surface area (Å²) >= 11 is 0. The number of nitrogens with two attached hydrogens (primary N) is 1. The van der Waals surface area contributed by atoms with Gasteiger partial charge < -0.3 is 21.5 Å². The number of nitrogens with zero attached hydrogens (tertiary/aromatic N) is 1. The maximum atomic E-state index is 11.4. The lowest BCUT2D eigenvalue weighted by atomic mass is 10.1. The minimum atomic E-state index is -1.24. The fourth-order valence-corrected chi connectivity index (χ4v) is 1.58. The van der Waals surface area contributed by atoms with Crippen LogP contribution in [0.3, 0.4) is 0 Å². The Labute approximate surface area is 133 Å². The van der Waals surface area contributed by atoms with E-state index in [0.717, 1.165) is 6.92 Å². The monoisotopic (exact) mass is 330 g/mol. The summed E-state index contributed by atoms with van der Waals surface area (Å²) in [6.45, 7) is 1.20. The molecule has 0 aromatic heterocycles. The number of carbonyl (C=O) groups excluding carboxylic acids is 3. The summed E-state index contributed by atoms with van der Waals surface area (Å²) in [5.74, 6) is -2.63. The van der Waals surface area contributed by atoms with E-state index in [4.69, 9.17) is 10.8 Å². The molecule has 0 aliphatic rings. The van der Waals surface area contributed by atoms with Crippen molar-refractivity contribution in [2.24, 2.45) is 10.9 Å². The van der Waals surface area contributed by atoms with Crippen molar-refractivity contribution >= 4 is 23.6 Å². The first-order valence-corrected chi connectivity index (χ1v) is 7.12. The van der Waals surface area contributed by atoms with Crippen molar-refractivity contribution in [2.75, 3.05) is 13.1 Å². The summed E-state index contributed by atoms with van der Waals surface area (Å²) in [6, 6.07) is -2.15. The Morgan fingerprint density at radius 2 is 1.78 bits per heavy atom. The molecule has 2 atom stereocenters. The van der Waals surface area contributed by atoms with Crippen LogP contribution in [0, 0.1) is 4.91 Å². The predicted octanol–water partition coefficient (Wildman–Crippen LogP) is -1.08. The highest BCUT2D eigenvalue weighted by Crippen LogP contribution is 1.99. The minimum Gasteiger partial charge on any atom is -0.480 e. The van der Waals surface area contributed by atoms with Gasteiger partial charge in [0.1, 0.15) is 6.04 Å². The van der Waals surface area contributed by atoms with Crippen molar-refractivity contribution in [1.29, 1.82) is 0 Å². The Morgan fingerprint density at radius 1 is 1.13 bits per heavy atom. The van der Waals surface area contributed by atoms with Gasteiger partial charge in [-0.05, 0) is 26.2 Å². The van der Waals surface area contributed by atoms with E-state index < -0.39 is 35.7 Å². The van der Waals surface area contributed by atoms with Crippen LogP contribution >= 0.6 is 0 Å². The smallest absolute Gasteiger partial charge is 0.320 e. The molecule has 0 saturated carbocycles. The third kappa shape index (κ3) is 10.1. The Morgan fingerprint density at radius 3 is 2.30 bits per heavy atom. The van der Waals surface area contributed by atoms with Crippen LogP contribution in [0.5, 0.6) is 0 Å². The van der Waals surface area contributed by atoms with Crippen LogP contribution in [0.1, 0.15) is 32.6 Å². The average Bonchev–Trinajstić information content (AvgIpc) is 2.49. The average molecular weight is 330 g/mol. The number of nitrogens with one attached hydrogen (secondary N) is 2. The van der Waals surface area contributed by atoms with Crippen LogP contribution in [0.25, 0.3) is 0 Å². The van der Waals surface area contributed by atoms with E-state index in [1.54, 1.807) is 0 Å². The van der Waals surface area contributed by atoms with Crippen molar-refractivity contribution < 1.29 is 24.3 Å². The number of amides is 2. The molecule has 2 unspecified atom stereocenters. The molecule has 0 aromatic carbocycles. The zero-order valence-corrected chi connectivity index (χ0v) is 12.9. The molecule has 10 heteroatoms. The standard InChI is InChI=1S/C13H22N4O6/c1-8(18)10(17-23)6-11(19)16-7-12(20)15-5-3-2-4-9(14)13(21)22/h9-10H,2-7,14H2,1H3,(H,15,20)(H,16,19)(H,21,22). The Kier molecular flexibility index (Phi) is 10.1. The molecule has 130 valence electrons. The number of hydrogen-bond acceptors (Lipinski definition) is 7. The molecule has 0 bridgehead atoms. The number of carboxylic acid groups (broad SMARTS) is 1. The highest BCUT2D eigenvalue weighted by atomic mass is 16.4. The zero-order valence-electron chi connectivity index (χ0n) is 12.9. The minimum absolute atomic E-state index is 0.281. The quantitative estimate of drug-likeness (QED) is 0.260. The number of nitroso groups, excluding NO2 is 1. The maximum absolute atomic E-state index is 11.4. The number of unbranched alkanes of at least 4 members (excludes halogenated alkanes) is 1. The molecule has 0 fully saturated rings. The number of ketones is 1. The second kappa shape index (κ2) is 11.2. The van der Waals surface area contributed by atoms with E-state index in [9.17, 15) is 24.1 Å². The van der Waals surface area contributed by atoms with Crippen LogP contribution in [0.2, 0.25) is 0 Å². The van der Waals surface area contributed by atoms with Gasteiger partial charge in [0.05, 0.1) is 13.0 Å². The van der Waals surface area contributed by atoms with Crippen LogP contribution < -0.4 is 16.4 Å². The first-order valence-electron chi connectivity index (χ1n) is 7.12. The molecule has 0 rings (SSSR count). The molecule has 0 aliphatic heterocycles. The molecule has 0 aromatic rings. The van der Waals surface area contributed by atoms with Crippen molar-refractivity contribution in [3.8, 4) is 0 Å². The van der Waals surface area contributed by atoms with Gasteiger partial charge >= 0.3 is 5.97 Å². The van der Waals surface area contributed by atoms with Crippen molar-refractivity contribution in [1.82, 2.24) is 10.6 Å². The SMILES string of the molecule is CC(=O)C(CC(=O)NCC(=O)NCCCCC(N)C(=O)O)N=O. The molecule has 0 aliphatic carbocycles. The van der Waals surface area contributed by atoms with E-state index in [1.165, 1.54) is 0 Å². The van der Waals surface area contributed by atoms with Gasteiger partial charge in [0, 0.05) is 6.54 Å². The summed E-state index contributed by atoms with van der Waals surface area (Å²) in [5, 5.41) is 15.9. The molecule has 10 nitrogen and oxygen atoms in total. The number of Topliss-reactive ketones (excluding diaryl/α,β-unsaturated/α-hetero) is 1. The highest BCUT2D eigenvalue weighted by Gasteiger charge is 2.19. The van der Waals surface area contributed by atoms with Gasteiger partial charge in [-0.3, -0.25) is 19.2 Å². The lowest BCUT2D eigenvalue weighted by Gasteiger charge is -2.09. The number of carboxylic acids is 1. The zero-order chi connectivity index (χ0) is 17.8. The molecule has 5 N–H and O–H groups in total. The maximum Gasteiger partial charge on any atom is 0.320 e. The van der Waals surface area contributed by atoms with Crippen LogP contribution in [-0.2, 0) is 19.2 Å². The van der Waals surface area contributed by atoms with Gasteiger partial charge in [-0.1, -0.05) is 5.18 Å². The topological polar surface area (TPSA) is 168 Å². The summed E-state index contributed by atoms with van der Waals surface area (Å²) in [7, 11) is 0. The molecule has 0 saturated heterocycles. The van der Waals surface area contributed by atoms with E-state index in [-0.39, 0.29) is 13.0 Å². The molecule has 23 heavy (non-hydrogen) atoms. The van der Waals surface area contributed by atoms with Crippen molar-refractivity contribution in [3.63, 3.8) is 0 Å². The van der Waals surface area contributed by atoms with E-state index in [2.05, 4.69) is 15.8 Å². The van der Waals surface area contributed by atoms with Gasteiger partial charge in [0.15, 0.2) is 11.8 Å². The van der Waals surface area contributed by atoms with Crippen molar-refractivity contribution in [3.05, 3.63) is 4.91 Å². The number of carbonyl (C=O) groups is 4. The second-order valence-electron chi connectivity index (χ2n) is 5.00. The molecule has 0 radical (unpaired) electrons. The highest BCUT2D eigenvalue weighted by molar-refractivity contribution is 5.90. The molecular weight excluding hydrogens is 308 g/mol. The summed E-state index contributed by atoms with van der Waals surface area (Å²) < 4.78 is 0. The molecule has 0 heterocycles. The van der Waals surface area contributed by atoms with Gasteiger partial charge in [-0.15, -0.1) is 0 Å². The molecule has 2 amide bonds. The van der Waals surface area contributed by atoms with Gasteiger partial charge in [0.2, 0.25) is 11.8 Å². The predicted molar refractivity (Wildman–Crippen MR) is 80.4 cm³/mol. The van der Waals surface area contributed by atoms with Gasteiger partial charge in [-0.2, -0.15) is 4.91 Å². The fraction of sp³-hybridized carbons (Fsp3) is 0.692. The van der Waals surface area contributed by atoms with Gasteiger partial charge in [0.25, 0.3) is 0 Å². The Hall–Kier alpha value is -2.36. The van der Waals surface area contributed by atoms with E-state index in [0.29, 0.717) is 25.8 Å². The number of aliphatic carboxylic acids is 1. The normalized spacial score (nSPS) is 12.8. The molecule has 0 spiro atoms. The summed E-state index contributed by atoms with van der Waals surface area (Å²) in [5.41, 5.74) is 5.32. The van der Waals surface area contributed by atoms with Crippen LogP contribution in [-0.4, -0.2) is 53.8 Å². The van der Waals surface area contributed by atoms with Gasteiger partial charge in [-0.25, -0.2) is 0 Å². The third-order valence-corrected chi connectivity index (χ3v) is 3.00. The van der Waals surface area contributed by atoms with Crippen molar-refractivity contribution in [2.45, 2.75) is 44.7 Å². The second-order valence-corrected chi connectivity index (χ2v) is 5.00. The molecular formula is C13H22N4O6. The Balaban J connectivity index is 3.79. The largest absolute Gasteiger partial charge is 0.480 e. The number of hydrogen-bond donors (Lipinski definition) is 4. The summed E-state index contributed by atoms with van der Waals surface area (Å²) in [4.78, 5) is 54.6.